The first kappa shape index (κ1) is 56.7. The first-order valence-electron chi connectivity index (χ1n) is 32.1. The highest BCUT2D eigenvalue weighted by Gasteiger charge is 2.50. The Morgan fingerprint density at radius 3 is 1.03 bits per heavy atom. The molecule has 14 aromatic rings. The van der Waals surface area contributed by atoms with Gasteiger partial charge in [-0.3, -0.25) is 0 Å². The van der Waals surface area contributed by atoms with Crippen molar-refractivity contribution in [1.82, 2.24) is 0 Å². The maximum atomic E-state index is 10.3. The molecule has 442 valence electrons. The largest absolute Gasteiger partial charge is 0.310 e. The zero-order valence-electron chi connectivity index (χ0n) is 51.9. The van der Waals surface area contributed by atoms with Gasteiger partial charge in [0.25, 0.3) is 6.71 Å². The minimum absolute atomic E-state index is 0.378. The summed E-state index contributed by atoms with van der Waals surface area (Å²) in [6, 6.07) is 119. The molecule has 0 atom stereocenters. The predicted molar refractivity (Wildman–Crippen MR) is 392 cm³/mol. The molecule has 7 heteroatoms. The number of nitriles is 2. The molecule has 96 heavy (non-hydrogen) atoms. The van der Waals surface area contributed by atoms with Gasteiger partial charge in [0.05, 0.1) is 53.2 Å². The van der Waals surface area contributed by atoms with Crippen molar-refractivity contribution in [2.75, 3.05) is 9.80 Å². The van der Waals surface area contributed by atoms with Crippen molar-refractivity contribution >= 4 is 68.6 Å². The molecular formula is C89H53BN6. The third-order valence-corrected chi connectivity index (χ3v) is 19.7. The molecule has 17 rings (SSSR count). The summed E-state index contributed by atoms with van der Waals surface area (Å²) in [5.41, 5.74) is 29.2. The predicted octanol–water partition coefficient (Wildman–Crippen LogP) is 21.0. The van der Waals surface area contributed by atoms with E-state index in [9.17, 15) is 10.5 Å². The zero-order chi connectivity index (χ0) is 64.4. The SMILES string of the molecule is [C-]#[N+]c1ccc(-c2cccc(-c3ccc([N+]#[C-])cc3)c2N2c3ccc(-c4ccccc4)cc3B3c4cc(-c5ccccc5)ccc4N(c4c(-c5ccc(C#N)cc5)cccc4-c4ccc(C#N)cc4)c4cc(C5(c6ccccc6)c6ccccc6-c6ccccc65)cc2c43)cc1. The molecule has 2 aliphatic heterocycles. The molecule has 0 saturated heterocycles. The summed E-state index contributed by atoms with van der Waals surface area (Å²) < 4.78 is 0. The highest BCUT2D eigenvalue weighted by atomic mass is 15.2. The van der Waals surface area contributed by atoms with Crippen LogP contribution in [0.1, 0.15) is 33.4 Å². The lowest BCUT2D eigenvalue weighted by Crippen LogP contribution is -2.61. The number of benzene rings is 14. The van der Waals surface area contributed by atoms with E-state index in [1.54, 1.807) is 0 Å². The van der Waals surface area contributed by atoms with Crippen molar-refractivity contribution < 1.29 is 0 Å². The molecule has 0 unspecified atom stereocenters. The van der Waals surface area contributed by atoms with Crippen LogP contribution < -0.4 is 26.2 Å². The minimum Gasteiger partial charge on any atom is -0.310 e. The number of para-hydroxylation sites is 2. The fourth-order valence-electron chi connectivity index (χ4n) is 15.4. The molecule has 6 nitrogen and oxygen atoms in total. The standard InChI is InChI=1S/C89H53BN6/c1-93-70-46-40-64(41-47-70)74-28-17-29-75(65-42-48-71(94-2)49-43-65)88(74)96-83-51-45-67(61-20-8-4-9-21-61)53-81(83)90-80-52-66(60-18-6-3-7-19-60)44-50-82(80)95(87-72(62-36-32-58(56-91)33-37-62)26-16-27-73(87)63-38-34-59(57-92)35-39-63)84-54-69(55-85(96)86(84)90)89(68-22-10-5-11-23-68)78-30-14-12-24-76(78)77-25-13-15-31-79(77)89/h3-55H. The summed E-state index contributed by atoms with van der Waals surface area (Å²) in [6.45, 7) is 15.8. The molecule has 0 radical (unpaired) electrons. The molecular weight excluding hydrogens is 1160 g/mol. The molecule has 0 amide bonds. The first-order chi connectivity index (χ1) is 47.4. The van der Waals surface area contributed by atoms with E-state index < -0.39 is 5.41 Å². The van der Waals surface area contributed by atoms with E-state index in [4.69, 9.17) is 13.1 Å². The molecule has 14 aromatic carbocycles. The van der Waals surface area contributed by atoms with Gasteiger partial charge in [0.1, 0.15) is 0 Å². The van der Waals surface area contributed by atoms with Crippen LogP contribution in [0.4, 0.5) is 45.5 Å². The first-order valence-corrected chi connectivity index (χ1v) is 32.1. The summed E-state index contributed by atoms with van der Waals surface area (Å²) >= 11 is 0. The van der Waals surface area contributed by atoms with Gasteiger partial charge in [-0.05, 0) is 143 Å². The highest BCUT2D eigenvalue weighted by Crippen LogP contribution is 2.60. The van der Waals surface area contributed by atoms with Crippen LogP contribution in [-0.4, -0.2) is 6.71 Å². The van der Waals surface area contributed by atoms with E-state index in [-0.39, 0.29) is 6.71 Å². The summed E-state index contributed by atoms with van der Waals surface area (Å²) in [6.07, 6.45) is 0. The molecule has 0 bridgehead atoms. The summed E-state index contributed by atoms with van der Waals surface area (Å²) in [5, 5.41) is 20.6. The number of hydrogen-bond acceptors (Lipinski definition) is 4. The van der Waals surface area contributed by atoms with Crippen LogP contribution in [0.15, 0.2) is 322 Å². The lowest BCUT2D eigenvalue weighted by molar-refractivity contribution is 0.768. The maximum absolute atomic E-state index is 10.3. The quantitative estimate of drug-likeness (QED) is 0.101. The van der Waals surface area contributed by atoms with Crippen molar-refractivity contribution in [3.63, 3.8) is 0 Å². The fourth-order valence-corrected chi connectivity index (χ4v) is 15.4. The Morgan fingerprint density at radius 1 is 0.302 bits per heavy atom. The lowest BCUT2D eigenvalue weighted by Gasteiger charge is -2.47. The number of fused-ring (bicyclic) bond motifs is 7. The van der Waals surface area contributed by atoms with E-state index in [1.165, 1.54) is 22.3 Å². The van der Waals surface area contributed by atoms with Crippen molar-refractivity contribution in [3.8, 4) is 90.0 Å². The second-order valence-electron chi connectivity index (χ2n) is 24.6. The van der Waals surface area contributed by atoms with Crippen molar-refractivity contribution in [1.29, 1.82) is 10.5 Å². The van der Waals surface area contributed by atoms with E-state index in [2.05, 4.69) is 305 Å². The van der Waals surface area contributed by atoms with E-state index >= 15 is 0 Å². The average Bonchev–Trinajstić information content (AvgIpc) is 1.32. The topological polar surface area (TPSA) is 62.8 Å². The second-order valence-corrected chi connectivity index (χ2v) is 24.6. The number of anilines is 6. The van der Waals surface area contributed by atoms with E-state index in [0.29, 0.717) is 22.5 Å². The molecule has 0 spiro atoms. The highest BCUT2D eigenvalue weighted by molar-refractivity contribution is 7.00. The van der Waals surface area contributed by atoms with Crippen LogP contribution in [0, 0.1) is 35.8 Å². The number of rotatable bonds is 10. The summed E-state index contributed by atoms with van der Waals surface area (Å²) in [5.74, 6) is 0. The number of hydrogen-bond donors (Lipinski definition) is 0. The van der Waals surface area contributed by atoms with Gasteiger partial charge in [-0.2, -0.15) is 10.5 Å². The smallest absolute Gasteiger partial charge is 0.252 e. The van der Waals surface area contributed by atoms with Gasteiger partial charge < -0.3 is 9.80 Å². The van der Waals surface area contributed by atoms with Crippen LogP contribution >= 0.6 is 0 Å². The van der Waals surface area contributed by atoms with Crippen LogP contribution in [0.25, 0.3) is 87.6 Å². The third kappa shape index (κ3) is 9.00. The van der Waals surface area contributed by atoms with E-state index in [1.807, 2.05) is 48.5 Å². The van der Waals surface area contributed by atoms with Gasteiger partial charge in [0, 0.05) is 45.0 Å². The van der Waals surface area contributed by atoms with E-state index in [0.717, 1.165) is 128 Å². The van der Waals surface area contributed by atoms with Gasteiger partial charge in [0.15, 0.2) is 11.4 Å². The Labute approximate surface area is 558 Å². The van der Waals surface area contributed by atoms with Crippen molar-refractivity contribution in [3.05, 3.63) is 378 Å². The number of nitrogens with zero attached hydrogens (tertiary/aromatic N) is 6. The maximum Gasteiger partial charge on any atom is 0.252 e. The van der Waals surface area contributed by atoms with Crippen molar-refractivity contribution in [2.24, 2.45) is 0 Å². The molecule has 0 fully saturated rings. The molecule has 0 N–H and O–H groups in total. The Morgan fingerprint density at radius 2 is 0.646 bits per heavy atom. The summed E-state index contributed by atoms with van der Waals surface area (Å²) in [7, 11) is 0. The van der Waals surface area contributed by atoms with Crippen LogP contribution in [0.2, 0.25) is 0 Å². The Bertz CT molecular complexity index is 5150. The van der Waals surface area contributed by atoms with Crippen LogP contribution in [0.5, 0.6) is 0 Å². The molecule has 3 aliphatic rings. The van der Waals surface area contributed by atoms with Gasteiger partial charge in [0.2, 0.25) is 0 Å². The second kappa shape index (κ2) is 23.1. The normalized spacial score (nSPS) is 12.6. The van der Waals surface area contributed by atoms with Gasteiger partial charge in [-0.1, -0.05) is 273 Å². The zero-order valence-corrected chi connectivity index (χ0v) is 51.9. The van der Waals surface area contributed by atoms with Crippen LogP contribution in [-0.2, 0) is 5.41 Å². The van der Waals surface area contributed by atoms with Gasteiger partial charge in [-0.15, -0.1) is 0 Å². The minimum atomic E-state index is -0.891. The molecule has 0 aromatic heterocycles. The van der Waals surface area contributed by atoms with Crippen LogP contribution in [0.3, 0.4) is 0 Å². The average molecular weight is 1220 g/mol. The molecule has 2 heterocycles. The Kier molecular flexibility index (Phi) is 13.6. The molecule has 1 aliphatic carbocycles. The third-order valence-electron chi connectivity index (χ3n) is 19.7. The Hall–Kier alpha value is -13.3. The molecule has 0 saturated carbocycles. The lowest BCUT2D eigenvalue weighted by atomic mass is 9.33. The fraction of sp³-hybridized carbons (Fsp3) is 0.0112. The van der Waals surface area contributed by atoms with Crippen molar-refractivity contribution in [2.45, 2.75) is 5.41 Å². The summed E-state index contributed by atoms with van der Waals surface area (Å²) in [4.78, 5) is 12.8. The van der Waals surface area contributed by atoms with Gasteiger partial charge in [-0.25, -0.2) is 9.69 Å². The Balaban J connectivity index is 1.10. The van der Waals surface area contributed by atoms with Gasteiger partial charge >= 0.3 is 0 Å². The monoisotopic (exact) mass is 1220 g/mol.